The molecule has 1 aromatic carbocycles. The van der Waals surface area contributed by atoms with E-state index < -0.39 is 17.8 Å². The molecule has 0 aliphatic heterocycles. The molecule has 1 atom stereocenters. The van der Waals surface area contributed by atoms with E-state index in [1.165, 1.54) is 7.11 Å². The highest BCUT2D eigenvalue weighted by molar-refractivity contribution is 5.75. The minimum atomic E-state index is -0.853. The van der Waals surface area contributed by atoms with Gasteiger partial charge in [-0.25, -0.2) is 4.79 Å². The monoisotopic (exact) mass is 434 g/mol. The second-order valence-electron chi connectivity index (χ2n) is 8.61. The van der Waals surface area contributed by atoms with Crippen LogP contribution < -0.4 is 20.5 Å². The molecule has 0 spiro atoms. The van der Waals surface area contributed by atoms with Gasteiger partial charge in [0.05, 0.1) is 7.11 Å². The molecule has 1 aromatic rings. The van der Waals surface area contributed by atoms with Crippen molar-refractivity contribution in [2.24, 2.45) is 11.7 Å². The van der Waals surface area contributed by atoms with Crippen molar-refractivity contribution in [1.29, 1.82) is 0 Å². The van der Waals surface area contributed by atoms with Gasteiger partial charge in [-0.1, -0.05) is 32.1 Å². The van der Waals surface area contributed by atoms with Crippen LogP contribution in [-0.4, -0.2) is 30.8 Å². The molecular formula is C24H38N2O5. The predicted molar refractivity (Wildman–Crippen MR) is 122 cm³/mol. The molecular weight excluding hydrogens is 396 g/mol. The first kappa shape index (κ1) is 26.5. The van der Waals surface area contributed by atoms with Gasteiger partial charge in [0.25, 0.3) is 0 Å². The van der Waals surface area contributed by atoms with Crippen molar-refractivity contribution in [3.8, 4) is 11.5 Å². The molecule has 3 N–H and O–H groups in total. The SMILES string of the molecule is COc1cc(CNC(=O)CCCCC=CC(C)C)ccc1OC(=O)OC(C)C(C)(C)N. The number of nitrogens with two attached hydrogens (primary N) is 1. The van der Waals surface area contributed by atoms with Crippen LogP contribution in [0.1, 0.15) is 65.9 Å². The number of amides is 1. The van der Waals surface area contributed by atoms with Crippen LogP contribution in [0.3, 0.4) is 0 Å². The fraction of sp³-hybridized carbons (Fsp3) is 0.583. The van der Waals surface area contributed by atoms with Gasteiger partial charge in [-0.2, -0.15) is 0 Å². The van der Waals surface area contributed by atoms with Crippen LogP contribution in [0.5, 0.6) is 11.5 Å². The lowest BCUT2D eigenvalue weighted by Gasteiger charge is -2.26. The molecule has 0 radical (unpaired) electrons. The van der Waals surface area contributed by atoms with E-state index in [2.05, 4.69) is 31.3 Å². The molecule has 0 heterocycles. The summed E-state index contributed by atoms with van der Waals surface area (Å²) in [5.74, 6) is 1.18. The normalized spacial score (nSPS) is 12.6. The highest BCUT2D eigenvalue weighted by Gasteiger charge is 2.25. The molecule has 174 valence electrons. The largest absolute Gasteiger partial charge is 0.514 e. The van der Waals surface area contributed by atoms with Crippen LogP contribution in [0.2, 0.25) is 0 Å². The summed E-state index contributed by atoms with van der Waals surface area (Å²) in [4.78, 5) is 24.1. The van der Waals surface area contributed by atoms with Crippen molar-refractivity contribution in [2.45, 2.75) is 78.5 Å². The van der Waals surface area contributed by atoms with Crippen LogP contribution in [-0.2, 0) is 16.1 Å². The fourth-order valence-electron chi connectivity index (χ4n) is 2.52. The van der Waals surface area contributed by atoms with E-state index >= 15 is 0 Å². The van der Waals surface area contributed by atoms with Gasteiger partial charge >= 0.3 is 6.16 Å². The fourth-order valence-corrected chi connectivity index (χ4v) is 2.52. The summed E-state index contributed by atoms with van der Waals surface area (Å²) >= 11 is 0. The summed E-state index contributed by atoms with van der Waals surface area (Å²) in [6, 6.07) is 5.09. The van der Waals surface area contributed by atoms with Crippen LogP contribution in [0.4, 0.5) is 4.79 Å². The average Bonchev–Trinajstić information content (AvgIpc) is 2.68. The zero-order chi connectivity index (χ0) is 23.4. The smallest absolute Gasteiger partial charge is 0.493 e. The quantitative estimate of drug-likeness (QED) is 0.214. The third-order valence-corrected chi connectivity index (χ3v) is 4.78. The molecule has 0 saturated heterocycles. The molecule has 1 rings (SSSR count). The van der Waals surface area contributed by atoms with Gasteiger partial charge in [0.1, 0.15) is 6.10 Å². The van der Waals surface area contributed by atoms with E-state index in [0.29, 0.717) is 24.6 Å². The summed E-state index contributed by atoms with van der Waals surface area (Å²) in [5.41, 5.74) is 6.07. The molecule has 7 heteroatoms. The van der Waals surface area contributed by atoms with Gasteiger partial charge in [-0.3, -0.25) is 4.79 Å². The number of carbonyl (C=O) groups is 2. The number of methoxy groups -OCH3 is 1. The number of carbonyl (C=O) groups excluding carboxylic acids is 2. The maximum Gasteiger partial charge on any atom is 0.514 e. The Hall–Kier alpha value is -2.54. The number of nitrogens with one attached hydrogen (secondary N) is 1. The Morgan fingerprint density at radius 3 is 2.48 bits per heavy atom. The Balaban J connectivity index is 2.50. The van der Waals surface area contributed by atoms with E-state index in [1.807, 2.05) is 0 Å². The van der Waals surface area contributed by atoms with Crippen LogP contribution in [0, 0.1) is 5.92 Å². The lowest BCUT2D eigenvalue weighted by Crippen LogP contribution is -2.46. The predicted octanol–water partition coefficient (Wildman–Crippen LogP) is 4.73. The minimum absolute atomic E-state index is 0.00842. The van der Waals surface area contributed by atoms with E-state index in [9.17, 15) is 9.59 Å². The molecule has 0 saturated carbocycles. The highest BCUT2D eigenvalue weighted by Crippen LogP contribution is 2.28. The molecule has 0 aliphatic rings. The standard InChI is InChI=1S/C24H38N2O5/c1-17(2)11-9-7-8-10-12-22(27)26-16-19-13-14-20(21(15-19)29-6)31-23(28)30-18(3)24(4,5)25/h9,11,13-15,17-18H,7-8,10,12,16,25H2,1-6H3,(H,26,27). The first-order valence-corrected chi connectivity index (χ1v) is 10.8. The first-order chi connectivity index (χ1) is 14.5. The Kier molecular flexibility index (Phi) is 11.1. The van der Waals surface area contributed by atoms with Crippen molar-refractivity contribution in [3.63, 3.8) is 0 Å². The zero-order valence-electron chi connectivity index (χ0n) is 19.7. The molecule has 0 aromatic heterocycles. The summed E-state index contributed by atoms with van der Waals surface area (Å²) in [6.07, 6.45) is 6.31. The molecule has 0 aliphatic carbocycles. The third-order valence-electron chi connectivity index (χ3n) is 4.78. The molecule has 0 fully saturated rings. The number of ether oxygens (including phenoxy) is 3. The van der Waals surface area contributed by atoms with Gasteiger partial charge < -0.3 is 25.3 Å². The van der Waals surface area contributed by atoms with Crippen molar-refractivity contribution >= 4 is 12.1 Å². The maximum atomic E-state index is 12.1. The molecule has 31 heavy (non-hydrogen) atoms. The van der Waals surface area contributed by atoms with Gasteiger partial charge in [0.15, 0.2) is 11.5 Å². The zero-order valence-corrected chi connectivity index (χ0v) is 19.7. The van der Waals surface area contributed by atoms with Crippen molar-refractivity contribution < 1.29 is 23.8 Å². The topological polar surface area (TPSA) is 99.9 Å². The molecule has 1 unspecified atom stereocenters. The minimum Gasteiger partial charge on any atom is -0.493 e. The number of unbranched alkanes of at least 4 members (excludes halogenated alkanes) is 2. The lowest BCUT2D eigenvalue weighted by atomic mass is 10.0. The van der Waals surface area contributed by atoms with E-state index in [-0.39, 0.29) is 11.7 Å². The van der Waals surface area contributed by atoms with E-state index in [1.54, 1.807) is 39.0 Å². The maximum absolute atomic E-state index is 12.1. The van der Waals surface area contributed by atoms with Crippen LogP contribution in [0.15, 0.2) is 30.4 Å². The summed E-state index contributed by atoms with van der Waals surface area (Å²) in [6.45, 7) is 9.88. The summed E-state index contributed by atoms with van der Waals surface area (Å²) < 4.78 is 15.8. The Morgan fingerprint density at radius 2 is 1.87 bits per heavy atom. The van der Waals surface area contributed by atoms with Crippen molar-refractivity contribution in [3.05, 3.63) is 35.9 Å². The number of allylic oxidation sites excluding steroid dienone is 2. The van der Waals surface area contributed by atoms with Gasteiger partial charge in [0, 0.05) is 18.5 Å². The van der Waals surface area contributed by atoms with E-state index in [4.69, 9.17) is 19.9 Å². The second kappa shape index (κ2) is 13.0. The number of hydrogen-bond donors (Lipinski definition) is 2. The Bertz CT molecular complexity index is 738. The highest BCUT2D eigenvalue weighted by atomic mass is 16.7. The average molecular weight is 435 g/mol. The second-order valence-corrected chi connectivity index (χ2v) is 8.61. The molecule has 0 bridgehead atoms. The van der Waals surface area contributed by atoms with Crippen LogP contribution in [0.25, 0.3) is 0 Å². The van der Waals surface area contributed by atoms with E-state index in [0.717, 1.165) is 24.8 Å². The summed E-state index contributed by atoms with van der Waals surface area (Å²) in [7, 11) is 1.48. The Morgan fingerprint density at radius 1 is 1.16 bits per heavy atom. The third kappa shape index (κ3) is 10.9. The van der Waals surface area contributed by atoms with Crippen molar-refractivity contribution in [1.82, 2.24) is 5.32 Å². The van der Waals surface area contributed by atoms with Gasteiger partial charge in [0.2, 0.25) is 5.91 Å². The number of benzene rings is 1. The van der Waals surface area contributed by atoms with Gasteiger partial charge in [-0.15, -0.1) is 0 Å². The van der Waals surface area contributed by atoms with Crippen molar-refractivity contribution in [2.75, 3.05) is 7.11 Å². The molecule has 1 amide bonds. The Labute approximate surface area is 186 Å². The first-order valence-electron chi connectivity index (χ1n) is 10.8. The number of hydrogen-bond acceptors (Lipinski definition) is 6. The number of rotatable bonds is 12. The summed E-state index contributed by atoms with van der Waals surface area (Å²) in [5, 5.41) is 2.90. The molecule has 7 nitrogen and oxygen atoms in total. The van der Waals surface area contributed by atoms with Crippen LogP contribution >= 0.6 is 0 Å². The lowest BCUT2D eigenvalue weighted by molar-refractivity contribution is -0.121. The van der Waals surface area contributed by atoms with Gasteiger partial charge in [-0.05, 0) is 63.6 Å².